The minimum atomic E-state index is -8.00. The first-order valence-electron chi connectivity index (χ1n) is 8.59. The van der Waals surface area contributed by atoms with Gasteiger partial charge in [-0.25, -0.2) is 4.79 Å². The van der Waals surface area contributed by atoms with Gasteiger partial charge in [0, 0.05) is 12.0 Å². The molecule has 0 atom stereocenters. The molecule has 0 heterocycles. The van der Waals surface area contributed by atoms with Crippen LogP contribution in [0.5, 0.6) is 5.75 Å². The van der Waals surface area contributed by atoms with Crippen molar-refractivity contribution in [3.05, 3.63) is 42.0 Å². The summed E-state index contributed by atoms with van der Waals surface area (Å²) in [5.41, 5.74) is 0.223. The Morgan fingerprint density at radius 2 is 1.21 bits per heavy atom. The minimum Gasteiger partial charge on any atom is -0.462 e. The molecule has 1 aromatic rings. The quantitative estimate of drug-likeness (QED) is 0.201. The molecule has 0 saturated heterocycles. The van der Waals surface area contributed by atoms with Crippen LogP contribution in [0, 0.1) is 0 Å². The van der Waals surface area contributed by atoms with E-state index in [4.69, 9.17) is 4.74 Å². The van der Waals surface area contributed by atoms with Crippen molar-refractivity contribution in [1.82, 2.24) is 0 Å². The second-order valence-corrected chi connectivity index (χ2v) is 6.72. The van der Waals surface area contributed by atoms with Crippen LogP contribution in [0.15, 0.2) is 36.4 Å². The minimum absolute atomic E-state index is 0.0438. The number of hydrogen-bond donors (Lipinski definition) is 0. The van der Waals surface area contributed by atoms with E-state index < -0.39 is 47.7 Å². The van der Waals surface area contributed by atoms with E-state index in [1.165, 1.54) is 6.92 Å². The smallest absolute Gasteiger partial charge is 0.462 e. The van der Waals surface area contributed by atoms with Gasteiger partial charge in [-0.1, -0.05) is 18.7 Å². The van der Waals surface area contributed by atoms with Crippen molar-refractivity contribution in [2.45, 2.75) is 49.3 Å². The molecule has 1 rings (SSSR count). The summed E-state index contributed by atoms with van der Waals surface area (Å²) in [5, 5.41) is 0. The number of hydrogen-bond acceptors (Lipinski definition) is 3. The largest absolute Gasteiger partial charge is 0.471 e. The lowest BCUT2D eigenvalue weighted by molar-refractivity contribution is -0.456. The topological polar surface area (TPSA) is 35.5 Å². The van der Waals surface area contributed by atoms with Gasteiger partial charge in [-0.15, -0.1) is 0 Å². The molecule has 3 nitrogen and oxygen atoms in total. The van der Waals surface area contributed by atoms with E-state index in [-0.39, 0.29) is 24.2 Å². The maximum atomic E-state index is 13.7. The van der Waals surface area contributed by atoms with Crippen LogP contribution in [-0.4, -0.2) is 48.6 Å². The Hall–Kier alpha value is -2.68. The first-order valence-corrected chi connectivity index (χ1v) is 8.59. The molecule has 34 heavy (non-hydrogen) atoms. The molecule has 0 unspecified atom stereocenters. The van der Waals surface area contributed by atoms with Gasteiger partial charge in [0.25, 0.3) is 0 Å². The van der Waals surface area contributed by atoms with Crippen molar-refractivity contribution in [3.63, 3.8) is 0 Å². The fourth-order valence-electron chi connectivity index (χ4n) is 2.08. The normalized spacial score (nSPS) is 14.1. The Labute approximate surface area is 182 Å². The highest BCUT2D eigenvalue weighted by molar-refractivity contribution is 5.86. The Morgan fingerprint density at radius 1 is 0.765 bits per heavy atom. The number of carbonyl (C=O) groups is 1. The highest BCUT2D eigenvalue weighted by Gasteiger charge is 2.91. The second kappa shape index (κ2) is 9.17. The molecule has 0 N–H and O–H groups in total. The van der Waals surface area contributed by atoms with Crippen molar-refractivity contribution >= 4 is 5.97 Å². The number of esters is 1. The van der Waals surface area contributed by atoms with Crippen LogP contribution in [0.2, 0.25) is 0 Å². The lowest BCUT2D eigenvalue weighted by atomic mass is 9.97. The molecular weight excluding hydrogens is 511 g/mol. The van der Waals surface area contributed by atoms with Crippen LogP contribution in [-0.2, 0) is 16.0 Å². The maximum absolute atomic E-state index is 13.7. The lowest BCUT2D eigenvalue weighted by Crippen LogP contribution is -2.70. The van der Waals surface area contributed by atoms with Gasteiger partial charge < -0.3 is 9.47 Å². The number of rotatable bonds is 10. The molecule has 0 aliphatic carbocycles. The molecule has 16 heteroatoms. The summed E-state index contributed by atoms with van der Waals surface area (Å²) >= 11 is 0. The number of alkyl halides is 13. The fourth-order valence-corrected chi connectivity index (χ4v) is 2.08. The third kappa shape index (κ3) is 5.19. The molecule has 0 fully saturated rings. The summed E-state index contributed by atoms with van der Waals surface area (Å²) in [6.45, 7) is 4.34. The zero-order chi connectivity index (χ0) is 27.0. The second-order valence-electron chi connectivity index (χ2n) is 6.72. The van der Waals surface area contributed by atoms with Gasteiger partial charge in [-0.05, 0) is 24.6 Å². The molecule has 0 aromatic heterocycles. The van der Waals surface area contributed by atoms with Crippen LogP contribution < -0.4 is 4.74 Å². The molecular formula is C18H13F13O3. The van der Waals surface area contributed by atoms with E-state index in [0.717, 1.165) is 12.1 Å². The first-order chi connectivity index (χ1) is 15.0. The van der Waals surface area contributed by atoms with Gasteiger partial charge in [0.1, 0.15) is 5.75 Å². The first kappa shape index (κ1) is 29.4. The third-order valence-corrected chi connectivity index (χ3v) is 4.05. The SMILES string of the molecule is C=C(C)C(=O)OCCc1ccc(OC(F)(F)C(F)(F)C(F)(F)C(F)(F)C(F)(F)C(F)(F)F)cc1. The van der Waals surface area contributed by atoms with Crippen LogP contribution in [0.3, 0.4) is 0 Å². The predicted molar refractivity (Wildman–Crippen MR) is 87.3 cm³/mol. The summed E-state index contributed by atoms with van der Waals surface area (Å²) < 4.78 is 177. The lowest BCUT2D eigenvalue weighted by Gasteiger charge is -2.39. The fraction of sp³-hybridized carbons (Fsp3) is 0.500. The Balaban J connectivity index is 3.10. The number of carbonyl (C=O) groups excluding carboxylic acids is 1. The Kier molecular flexibility index (Phi) is 7.91. The van der Waals surface area contributed by atoms with Crippen LogP contribution in [0.4, 0.5) is 57.1 Å². The molecule has 0 saturated carbocycles. The molecule has 1 aromatic carbocycles. The molecule has 194 valence electrons. The standard InChI is InChI=1S/C18H13F13O3/c1-9(2)12(32)33-8-7-10-3-5-11(6-4-10)34-18(30,31)16(25,26)14(21,22)13(19,20)15(23,24)17(27,28)29/h3-6H,1,7-8H2,2H3. The van der Waals surface area contributed by atoms with Crippen molar-refractivity contribution in [1.29, 1.82) is 0 Å². The highest BCUT2D eigenvalue weighted by Crippen LogP contribution is 2.60. The maximum Gasteiger partial charge on any atom is 0.471 e. The number of halogens is 13. The summed E-state index contributed by atoms with van der Waals surface area (Å²) in [7, 11) is 0. The van der Waals surface area contributed by atoms with E-state index in [0.29, 0.717) is 12.1 Å². The summed E-state index contributed by atoms with van der Waals surface area (Å²) in [6.07, 6.45) is -14.2. The zero-order valence-corrected chi connectivity index (χ0v) is 16.6. The Morgan fingerprint density at radius 3 is 1.62 bits per heavy atom. The van der Waals surface area contributed by atoms with E-state index in [1.54, 1.807) is 0 Å². The monoisotopic (exact) mass is 524 g/mol. The number of benzene rings is 1. The predicted octanol–water partition coefficient (Wildman–Crippen LogP) is 6.42. The summed E-state index contributed by atoms with van der Waals surface area (Å²) in [6, 6.07) is 2.62. The van der Waals surface area contributed by atoms with Crippen molar-refractivity contribution in [3.8, 4) is 5.75 Å². The van der Waals surface area contributed by atoms with E-state index >= 15 is 0 Å². The average molecular weight is 524 g/mol. The average Bonchev–Trinajstić information content (AvgIpc) is 2.67. The summed E-state index contributed by atoms with van der Waals surface area (Å²) in [4.78, 5) is 11.2. The molecule has 0 spiro atoms. The molecule has 0 bridgehead atoms. The summed E-state index contributed by atoms with van der Waals surface area (Å²) in [5.74, 6) is -33.4. The zero-order valence-electron chi connectivity index (χ0n) is 16.6. The van der Waals surface area contributed by atoms with Crippen LogP contribution >= 0.6 is 0 Å². The molecule has 0 aliphatic rings. The van der Waals surface area contributed by atoms with Crippen molar-refractivity contribution in [2.24, 2.45) is 0 Å². The molecule has 0 aliphatic heterocycles. The third-order valence-electron chi connectivity index (χ3n) is 4.05. The van der Waals surface area contributed by atoms with E-state index in [2.05, 4.69) is 11.3 Å². The van der Waals surface area contributed by atoms with Gasteiger partial charge in [0.15, 0.2) is 0 Å². The molecule has 0 radical (unpaired) electrons. The van der Waals surface area contributed by atoms with Crippen LogP contribution in [0.25, 0.3) is 0 Å². The van der Waals surface area contributed by atoms with Crippen LogP contribution in [0.1, 0.15) is 12.5 Å². The van der Waals surface area contributed by atoms with Gasteiger partial charge in [0.05, 0.1) is 6.61 Å². The van der Waals surface area contributed by atoms with Gasteiger partial charge in [-0.3, -0.25) is 0 Å². The highest BCUT2D eigenvalue weighted by atomic mass is 19.4. The van der Waals surface area contributed by atoms with Gasteiger partial charge in [0.2, 0.25) is 0 Å². The van der Waals surface area contributed by atoms with Gasteiger partial charge in [-0.2, -0.15) is 57.1 Å². The van der Waals surface area contributed by atoms with Crippen molar-refractivity contribution in [2.75, 3.05) is 6.61 Å². The number of ether oxygens (including phenoxy) is 2. The van der Waals surface area contributed by atoms with Crippen molar-refractivity contribution < 1.29 is 71.3 Å². The Bertz CT molecular complexity index is 889. The van der Waals surface area contributed by atoms with E-state index in [1.807, 2.05) is 0 Å². The van der Waals surface area contributed by atoms with Gasteiger partial charge >= 0.3 is 41.9 Å². The molecule has 0 amide bonds. The van der Waals surface area contributed by atoms with E-state index in [9.17, 15) is 61.9 Å².